The first-order valence-corrected chi connectivity index (χ1v) is 10.8. The lowest BCUT2D eigenvalue weighted by atomic mass is 10.0. The average Bonchev–Trinajstić information content (AvgIpc) is 3.10. The van der Waals surface area contributed by atoms with Crippen molar-refractivity contribution in [3.05, 3.63) is 53.8 Å². The molecule has 0 spiro atoms. The van der Waals surface area contributed by atoms with Crippen LogP contribution in [0.4, 0.5) is 23.7 Å². The van der Waals surface area contributed by atoms with E-state index in [-0.39, 0.29) is 32.0 Å². The van der Waals surface area contributed by atoms with Gasteiger partial charge in [0.05, 0.1) is 18.8 Å². The molecule has 172 valence electrons. The number of ether oxygens (including phenoxy) is 1. The summed E-state index contributed by atoms with van der Waals surface area (Å²) in [5.41, 5.74) is 2.27. The fourth-order valence-corrected chi connectivity index (χ4v) is 3.47. The summed E-state index contributed by atoms with van der Waals surface area (Å²) < 4.78 is 45.5. The number of alkyl halides is 3. The van der Waals surface area contributed by atoms with E-state index >= 15 is 0 Å². The van der Waals surface area contributed by atoms with E-state index < -0.39 is 22.8 Å². The summed E-state index contributed by atoms with van der Waals surface area (Å²) in [5.74, 6) is -0.719. The van der Waals surface area contributed by atoms with Crippen LogP contribution in [0, 0.1) is 5.82 Å². The number of carbonyl (C=O) groups excluding carboxylic acids is 2. The number of nitrogens with zero attached hydrogens (tertiary/aromatic N) is 1. The fraction of sp³-hybridized carbons (Fsp3) is 0.364. The summed E-state index contributed by atoms with van der Waals surface area (Å²) in [4.78, 5) is 21.6. The highest BCUT2D eigenvalue weighted by Gasteiger charge is 2.32. The molecule has 10 heteroatoms. The van der Waals surface area contributed by atoms with Crippen LogP contribution in [0.1, 0.15) is 18.9 Å². The van der Waals surface area contributed by atoms with Crippen LogP contribution in [0.3, 0.4) is 0 Å². The number of cyclic esters (lactones) is 1. The number of benzene rings is 2. The highest BCUT2D eigenvalue weighted by Crippen LogP contribution is 2.29. The zero-order chi connectivity index (χ0) is 23.3. The molecule has 1 heterocycles. The minimum absolute atomic E-state index is 0.153. The van der Waals surface area contributed by atoms with E-state index in [1.165, 1.54) is 17.9 Å². The quantitative estimate of drug-likeness (QED) is 0.384. The molecule has 1 saturated heterocycles. The molecular weight excluding hydrogens is 491 g/mol. The predicted molar refractivity (Wildman–Crippen MR) is 118 cm³/mol. The van der Waals surface area contributed by atoms with Gasteiger partial charge in [0.1, 0.15) is 11.9 Å². The van der Waals surface area contributed by atoms with Gasteiger partial charge in [-0.25, -0.2) is 9.18 Å². The highest BCUT2D eigenvalue weighted by molar-refractivity contribution is 9.10. The Hall–Kier alpha value is -2.59. The van der Waals surface area contributed by atoms with Crippen molar-refractivity contribution in [2.75, 3.05) is 24.5 Å². The molecule has 2 N–H and O–H groups in total. The molecule has 1 atom stereocenters. The summed E-state index contributed by atoms with van der Waals surface area (Å²) >= 11 is 2.30. The van der Waals surface area contributed by atoms with Crippen LogP contribution in [-0.2, 0) is 16.1 Å². The third-order valence-corrected chi connectivity index (χ3v) is 5.29. The zero-order valence-corrected chi connectivity index (χ0v) is 18.9. The SMILES string of the molecule is CC(=O)NCC1CN(c2ccc(-c3ccc(CNCCC(F)(F)Br)cc3)c(F)c2)C(=O)O1. The maximum absolute atomic E-state index is 14.8. The van der Waals surface area contributed by atoms with Gasteiger partial charge in [-0.05, 0) is 45.3 Å². The van der Waals surface area contributed by atoms with E-state index in [0.29, 0.717) is 23.4 Å². The van der Waals surface area contributed by atoms with Gasteiger partial charge in [-0.2, -0.15) is 8.78 Å². The second kappa shape index (κ2) is 10.4. The lowest BCUT2D eigenvalue weighted by Crippen LogP contribution is -2.33. The van der Waals surface area contributed by atoms with E-state index in [9.17, 15) is 22.8 Å². The first kappa shape index (κ1) is 24.1. The number of nitrogens with one attached hydrogen (secondary N) is 2. The number of halogens is 4. The summed E-state index contributed by atoms with van der Waals surface area (Å²) in [6, 6.07) is 11.6. The molecule has 0 radical (unpaired) electrons. The maximum Gasteiger partial charge on any atom is 0.414 e. The topological polar surface area (TPSA) is 70.7 Å². The second-order valence-electron chi connectivity index (χ2n) is 7.46. The molecule has 0 aliphatic carbocycles. The Bertz CT molecular complexity index is 967. The predicted octanol–water partition coefficient (Wildman–Crippen LogP) is 4.42. The minimum Gasteiger partial charge on any atom is -0.442 e. The Kier molecular flexibility index (Phi) is 7.78. The van der Waals surface area contributed by atoms with E-state index in [2.05, 4.69) is 26.6 Å². The fourth-order valence-electron chi connectivity index (χ4n) is 3.27. The molecule has 1 fully saturated rings. The maximum atomic E-state index is 14.8. The number of hydrogen-bond donors (Lipinski definition) is 2. The second-order valence-corrected chi connectivity index (χ2v) is 8.62. The van der Waals surface area contributed by atoms with Gasteiger partial charge in [0.2, 0.25) is 5.91 Å². The van der Waals surface area contributed by atoms with E-state index in [0.717, 1.165) is 5.56 Å². The van der Waals surface area contributed by atoms with Gasteiger partial charge >= 0.3 is 10.9 Å². The van der Waals surface area contributed by atoms with Gasteiger partial charge in [-0.1, -0.05) is 24.3 Å². The molecule has 32 heavy (non-hydrogen) atoms. The molecular formula is C22H23BrF3N3O3. The van der Waals surface area contributed by atoms with Crippen molar-refractivity contribution >= 4 is 33.6 Å². The normalized spacial score (nSPS) is 16.2. The van der Waals surface area contributed by atoms with Gasteiger partial charge in [0.25, 0.3) is 0 Å². The Labute approximate surface area is 192 Å². The van der Waals surface area contributed by atoms with Gasteiger partial charge < -0.3 is 15.4 Å². The van der Waals surface area contributed by atoms with Gasteiger partial charge in [0, 0.05) is 32.0 Å². The molecule has 1 aliphatic heterocycles. The van der Waals surface area contributed by atoms with Crippen molar-refractivity contribution in [2.24, 2.45) is 0 Å². The van der Waals surface area contributed by atoms with Crippen LogP contribution in [0.2, 0.25) is 0 Å². The molecule has 3 rings (SSSR count). The standard InChI is InChI=1S/C22H23BrF3N3O3/c1-14(30)28-12-18-13-29(21(31)32-18)17-6-7-19(20(24)10-17)16-4-2-15(3-5-16)11-27-9-8-22(23,25)26/h2-7,10,18,27H,8-9,11-13H2,1H3,(H,28,30). The minimum atomic E-state index is -2.88. The Morgan fingerprint density at radius 3 is 2.59 bits per heavy atom. The molecule has 1 unspecified atom stereocenters. The third-order valence-electron chi connectivity index (χ3n) is 4.90. The largest absolute Gasteiger partial charge is 0.442 e. The molecule has 2 aromatic rings. The lowest BCUT2D eigenvalue weighted by molar-refractivity contribution is -0.119. The van der Waals surface area contributed by atoms with Crippen molar-refractivity contribution in [1.82, 2.24) is 10.6 Å². The number of carbonyl (C=O) groups is 2. The number of amides is 2. The van der Waals surface area contributed by atoms with Crippen molar-refractivity contribution in [2.45, 2.75) is 30.8 Å². The van der Waals surface area contributed by atoms with Crippen LogP contribution in [-0.4, -0.2) is 42.6 Å². The van der Waals surface area contributed by atoms with Crippen LogP contribution < -0.4 is 15.5 Å². The zero-order valence-electron chi connectivity index (χ0n) is 17.3. The molecule has 2 amide bonds. The van der Waals surface area contributed by atoms with Crippen molar-refractivity contribution < 1.29 is 27.5 Å². The molecule has 1 aliphatic rings. The summed E-state index contributed by atoms with van der Waals surface area (Å²) in [6.45, 7) is 2.35. The smallest absolute Gasteiger partial charge is 0.414 e. The van der Waals surface area contributed by atoms with E-state index in [4.69, 9.17) is 4.74 Å². The average molecular weight is 514 g/mol. The summed E-state index contributed by atoms with van der Waals surface area (Å²) in [6.07, 6.45) is -1.42. The summed E-state index contributed by atoms with van der Waals surface area (Å²) in [5, 5.41) is 5.53. The Balaban J connectivity index is 1.61. The number of anilines is 1. The molecule has 0 aromatic heterocycles. The lowest BCUT2D eigenvalue weighted by Gasteiger charge is -2.15. The van der Waals surface area contributed by atoms with Crippen molar-refractivity contribution in [3.63, 3.8) is 0 Å². The van der Waals surface area contributed by atoms with Crippen LogP contribution >= 0.6 is 15.9 Å². The van der Waals surface area contributed by atoms with Crippen LogP contribution in [0.5, 0.6) is 0 Å². The van der Waals surface area contributed by atoms with Crippen LogP contribution in [0.25, 0.3) is 11.1 Å². The monoisotopic (exact) mass is 513 g/mol. The van der Waals surface area contributed by atoms with Gasteiger partial charge in [0.15, 0.2) is 0 Å². The molecule has 0 bridgehead atoms. The van der Waals surface area contributed by atoms with Crippen molar-refractivity contribution in [1.29, 1.82) is 0 Å². The van der Waals surface area contributed by atoms with Gasteiger partial charge in [-0.15, -0.1) is 0 Å². The third kappa shape index (κ3) is 6.70. The van der Waals surface area contributed by atoms with E-state index in [1.54, 1.807) is 36.4 Å². The van der Waals surface area contributed by atoms with Crippen LogP contribution in [0.15, 0.2) is 42.5 Å². The summed E-state index contributed by atoms with van der Waals surface area (Å²) in [7, 11) is 0. The molecule has 0 saturated carbocycles. The Morgan fingerprint density at radius 2 is 1.97 bits per heavy atom. The van der Waals surface area contributed by atoms with Crippen molar-refractivity contribution in [3.8, 4) is 11.1 Å². The molecule has 2 aromatic carbocycles. The first-order chi connectivity index (χ1) is 15.1. The Morgan fingerprint density at radius 1 is 1.25 bits per heavy atom. The number of rotatable bonds is 9. The van der Waals surface area contributed by atoms with Gasteiger partial charge in [-0.3, -0.25) is 9.69 Å². The first-order valence-electron chi connectivity index (χ1n) is 10.0. The number of hydrogen-bond acceptors (Lipinski definition) is 4. The highest BCUT2D eigenvalue weighted by atomic mass is 79.9. The van der Waals surface area contributed by atoms with E-state index in [1.807, 2.05) is 0 Å². The molecule has 6 nitrogen and oxygen atoms in total.